The highest BCUT2D eigenvalue weighted by molar-refractivity contribution is 5.74. The third-order valence-electron chi connectivity index (χ3n) is 3.78. The summed E-state index contributed by atoms with van der Waals surface area (Å²) in [6.45, 7) is 5.38. The van der Waals surface area contributed by atoms with Gasteiger partial charge in [0.25, 0.3) is 0 Å². The molecular formula is C18H19N3O3. The number of aliphatic carboxylic acids is 1. The average Bonchev–Trinajstić information content (AvgIpc) is 2.96. The Morgan fingerprint density at radius 2 is 1.79 bits per heavy atom. The normalized spacial score (nSPS) is 11.6. The van der Waals surface area contributed by atoms with Gasteiger partial charge in [-0.25, -0.2) is 0 Å². The minimum absolute atomic E-state index is 0.102. The quantitative estimate of drug-likeness (QED) is 0.779. The van der Waals surface area contributed by atoms with Crippen LogP contribution in [-0.4, -0.2) is 32.7 Å². The lowest BCUT2D eigenvalue weighted by atomic mass is 9.95. The van der Waals surface area contributed by atoms with Gasteiger partial charge in [0.1, 0.15) is 23.4 Å². The largest absolute Gasteiger partial charge is 0.492 e. The van der Waals surface area contributed by atoms with Crippen LogP contribution in [0.4, 0.5) is 0 Å². The minimum Gasteiger partial charge on any atom is -0.492 e. The van der Waals surface area contributed by atoms with E-state index in [1.807, 2.05) is 37.3 Å². The first-order valence-electron chi connectivity index (χ1n) is 7.65. The summed E-state index contributed by atoms with van der Waals surface area (Å²) < 4.78 is 5.57. The van der Waals surface area contributed by atoms with Gasteiger partial charge in [-0.1, -0.05) is 6.07 Å². The Kier molecular flexibility index (Phi) is 3.97. The van der Waals surface area contributed by atoms with Gasteiger partial charge in [0.2, 0.25) is 0 Å². The molecule has 0 radical (unpaired) electrons. The molecular weight excluding hydrogens is 306 g/mol. The van der Waals surface area contributed by atoms with Crippen LogP contribution in [0.1, 0.15) is 19.4 Å². The smallest absolute Gasteiger partial charge is 0.312 e. The Morgan fingerprint density at radius 1 is 1.12 bits per heavy atom. The van der Waals surface area contributed by atoms with Crippen LogP contribution in [0, 0.1) is 12.3 Å². The highest BCUT2D eigenvalue weighted by atomic mass is 16.5. The Balaban J connectivity index is 1.77. The van der Waals surface area contributed by atoms with Crippen molar-refractivity contribution >= 4 is 17.0 Å². The fourth-order valence-corrected chi connectivity index (χ4v) is 2.14. The molecule has 0 saturated heterocycles. The molecule has 3 aromatic rings. The fraction of sp³-hybridized carbons (Fsp3) is 0.278. The molecule has 0 spiro atoms. The van der Waals surface area contributed by atoms with Crippen molar-refractivity contribution in [3.63, 3.8) is 0 Å². The highest BCUT2D eigenvalue weighted by Gasteiger charge is 2.28. The summed E-state index contributed by atoms with van der Waals surface area (Å²) in [5, 5.41) is 18.0. The van der Waals surface area contributed by atoms with Gasteiger partial charge in [0.05, 0.1) is 11.1 Å². The molecule has 24 heavy (non-hydrogen) atoms. The first kappa shape index (κ1) is 16.0. The molecule has 6 heteroatoms. The van der Waals surface area contributed by atoms with E-state index in [0.29, 0.717) is 5.75 Å². The molecule has 0 fully saturated rings. The number of rotatable bonds is 5. The number of nitrogens with zero attached hydrogens (tertiary/aromatic N) is 3. The van der Waals surface area contributed by atoms with Crippen LogP contribution in [0.3, 0.4) is 0 Å². The summed E-state index contributed by atoms with van der Waals surface area (Å²) in [5.41, 5.74) is 2.70. The van der Waals surface area contributed by atoms with Crippen LogP contribution in [-0.2, 0) is 4.79 Å². The lowest BCUT2D eigenvalue weighted by molar-refractivity contribution is -0.148. The van der Waals surface area contributed by atoms with Crippen LogP contribution in [0.2, 0.25) is 0 Å². The molecule has 0 atom stereocenters. The van der Waals surface area contributed by atoms with E-state index in [2.05, 4.69) is 10.2 Å². The average molecular weight is 325 g/mol. The number of aromatic nitrogens is 3. The number of carboxylic acids is 1. The molecule has 1 aromatic heterocycles. The molecule has 0 aliphatic carbocycles. The molecule has 2 aromatic carbocycles. The van der Waals surface area contributed by atoms with Crippen molar-refractivity contribution < 1.29 is 14.6 Å². The van der Waals surface area contributed by atoms with Crippen molar-refractivity contribution in [2.24, 2.45) is 5.41 Å². The molecule has 0 aliphatic rings. The predicted octanol–water partition coefficient (Wildman–Crippen LogP) is 3.22. The zero-order valence-corrected chi connectivity index (χ0v) is 13.9. The summed E-state index contributed by atoms with van der Waals surface area (Å²) in [6, 6.07) is 13.2. The second-order valence-corrected chi connectivity index (χ2v) is 6.45. The van der Waals surface area contributed by atoms with Gasteiger partial charge < -0.3 is 9.84 Å². The van der Waals surface area contributed by atoms with E-state index in [1.165, 1.54) is 0 Å². The molecule has 0 aliphatic heterocycles. The van der Waals surface area contributed by atoms with Crippen LogP contribution < -0.4 is 4.74 Å². The summed E-state index contributed by atoms with van der Waals surface area (Å²) in [5.74, 6) is -0.275. The number of carboxylic acid groups (broad SMARTS) is 1. The number of fused-ring (bicyclic) bond motifs is 1. The molecule has 0 saturated carbocycles. The molecule has 3 rings (SSSR count). The predicted molar refractivity (Wildman–Crippen MR) is 90.5 cm³/mol. The second kappa shape index (κ2) is 5.96. The van der Waals surface area contributed by atoms with Gasteiger partial charge in [-0.3, -0.25) is 4.79 Å². The lowest BCUT2D eigenvalue weighted by Gasteiger charge is -2.19. The van der Waals surface area contributed by atoms with Crippen LogP contribution in [0.5, 0.6) is 5.75 Å². The monoisotopic (exact) mass is 325 g/mol. The van der Waals surface area contributed by atoms with Gasteiger partial charge >= 0.3 is 5.97 Å². The van der Waals surface area contributed by atoms with E-state index in [9.17, 15) is 4.79 Å². The SMILES string of the molecule is Cc1ccc2nn(-c3ccc(OCC(C)(C)C(=O)O)cc3)nc2c1. The summed E-state index contributed by atoms with van der Waals surface area (Å²) in [6.07, 6.45) is 0. The number of carbonyl (C=O) groups is 1. The van der Waals surface area contributed by atoms with Gasteiger partial charge in [0, 0.05) is 0 Å². The van der Waals surface area contributed by atoms with Gasteiger partial charge in [-0.05, 0) is 62.7 Å². The van der Waals surface area contributed by atoms with Crippen LogP contribution in [0.25, 0.3) is 16.7 Å². The standard InChI is InChI=1S/C18H19N3O3/c1-12-4-9-15-16(10-12)20-21(19-15)13-5-7-14(8-6-13)24-11-18(2,3)17(22)23/h4-10H,11H2,1-3H3,(H,22,23). The molecule has 0 amide bonds. The summed E-state index contributed by atoms with van der Waals surface area (Å²) >= 11 is 0. The number of hydrogen-bond acceptors (Lipinski definition) is 4. The van der Waals surface area contributed by atoms with Crippen molar-refractivity contribution in [2.45, 2.75) is 20.8 Å². The van der Waals surface area contributed by atoms with Crippen molar-refractivity contribution in [3.8, 4) is 11.4 Å². The zero-order chi connectivity index (χ0) is 17.3. The summed E-state index contributed by atoms with van der Waals surface area (Å²) in [4.78, 5) is 12.7. The van der Waals surface area contributed by atoms with E-state index in [4.69, 9.17) is 9.84 Å². The Labute approximate surface area is 139 Å². The first-order chi connectivity index (χ1) is 11.3. The van der Waals surface area contributed by atoms with Crippen LogP contribution >= 0.6 is 0 Å². The van der Waals surface area contributed by atoms with Crippen molar-refractivity contribution in [1.29, 1.82) is 0 Å². The third kappa shape index (κ3) is 3.22. The maximum Gasteiger partial charge on any atom is 0.312 e. The number of hydrogen-bond donors (Lipinski definition) is 1. The third-order valence-corrected chi connectivity index (χ3v) is 3.78. The maximum atomic E-state index is 11.1. The maximum absolute atomic E-state index is 11.1. The highest BCUT2D eigenvalue weighted by Crippen LogP contribution is 2.21. The van der Waals surface area contributed by atoms with Crippen molar-refractivity contribution in [3.05, 3.63) is 48.0 Å². The zero-order valence-electron chi connectivity index (χ0n) is 13.9. The van der Waals surface area contributed by atoms with Crippen molar-refractivity contribution in [2.75, 3.05) is 6.61 Å². The topological polar surface area (TPSA) is 77.2 Å². The second-order valence-electron chi connectivity index (χ2n) is 6.45. The summed E-state index contributed by atoms with van der Waals surface area (Å²) in [7, 11) is 0. The van der Waals surface area contributed by atoms with E-state index in [0.717, 1.165) is 22.3 Å². The number of benzene rings is 2. The minimum atomic E-state index is -0.933. The lowest BCUT2D eigenvalue weighted by Crippen LogP contribution is -2.30. The molecule has 1 heterocycles. The van der Waals surface area contributed by atoms with Gasteiger partial charge in [0.15, 0.2) is 0 Å². The van der Waals surface area contributed by atoms with E-state index >= 15 is 0 Å². The van der Waals surface area contributed by atoms with E-state index in [1.54, 1.807) is 30.8 Å². The van der Waals surface area contributed by atoms with Crippen molar-refractivity contribution in [1.82, 2.24) is 15.0 Å². The first-order valence-corrected chi connectivity index (χ1v) is 7.65. The Hall–Kier alpha value is -2.89. The fourth-order valence-electron chi connectivity index (χ4n) is 2.14. The Morgan fingerprint density at radius 3 is 2.46 bits per heavy atom. The Bertz CT molecular complexity index is 882. The van der Waals surface area contributed by atoms with Crippen LogP contribution in [0.15, 0.2) is 42.5 Å². The van der Waals surface area contributed by atoms with E-state index < -0.39 is 11.4 Å². The molecule has 1 N–H and O–H groups in total. The molecule has 124 valence electrons. The molecule has 0 unspecified atom stereocenters. The molecule has 6 nitrogen and oxygen atoms in total. The molecule has 0 bridgehead atoms. The van der Waals surface area contributed by atoms with Gasteiger partial charge in [-0.2, -0.15) is 4.80 Å². The van der Waals surface area contributed by atoms with Gasteiger partial charge in [-0.15, -0.1) is 10.2 Å². The number of ether oxygens (including phenoxy) is 1. The number of aryl methyl sites for hydroxylation is 1. The van der Waals surface area contributed by atoms with E-state index in [-0.39, 0.29) is 6.61 Å².